The molecule has 29 heavy (non-hydrogen) atoms. The Kier molecular flexibility index (Phi) is 5.20. The highest BCUT2D eigenvalue weighted by molar-refractivity contribution is 5.92. The molecule has 0 radical (unpaired) electrons. The van der Waals surface area contributed by atoms with Gasteiger partial charge in [-0.15, -0.1) is 0 Å². The molecular weight excluding hydrogens is 371 g/mol. The summed E-state index contributed by atoms with van der Waals surface area (Å²) in [5.74, 6) is 0.690. The second-order valence-electron chi connectivity index (χ2n) is 6.66. The SMILES string of the molecule is Cc1oc(-c2ccc(NC(=O)Cc3cccc(F)c3)cc2)nc1Cn1cccn1. The number of nitrogens with one attached hydrogen (secondary N) is 1. The van der Waals surface area contributed by atoms with Crippen LogP contribution >= 0.6 is 0 Å². The quantitative estimate of drug-likeness (QED) is 0.535. The molecule has 0 bridgehead atoms. The minimum absolute atomic E-state index is 0.106. The van der Waals surface area contributed by atoms with Crippen LogP contribution in [0.5, 0.6) is 0 Å². The summed E-state index contributed by atoms with van der Waals surface area (Å²) in [4.78, 5) is 16.7. The summed E-state index contributed by atoms with van der Waals surface area (Å²) in [6, 6.07) is 15.1. The average Bonchev–Trinajstić information content (AvgIpc) is 3.33. The predicted octanol–water partition coefficient (Wildman–Crippen LogP) is 4.22. The highest BCUT2D eigenvalue weighted by atomic mass is 19.1. The first-order valence-corrected chi connectivity index (χ1v) is 9.15. The lowest BCUT2D eigenvalue weighted by molar-refractivity contribution is -0.115. The van der Waals surface area contributed by atoms with Gasteiger partial charge in [0.15, 0.2) is 0 Å². The Balaban J connectivity index is 1.42. The Morgan fingerprint density at radius 3 is 2.72 bits per heavy atom. The molecule has 0 fully saturated rings. The lowest BCUT2D eigenvalue weighted by Crippen LogP contribution is -2.14. The Morgan fingerprint density at radius 1 is 1.17 bits per heavy atom. The van der Waals surface area contributed by atoms with Crippen LogP contribution in [0.2, 0.25) is 0 Å². The van der Waals surface area contributed by atoms with Crippen LogP contribution in [0.1, 0.15) is 17.0 Å². The summed E-state index contributed by atoms with van der Waals surface area (Å²) in [6.07, 6.45) is 3.70. The molecule has 0 aliphatic carbocycles. The fraction of sp³-hybridized carbons (Fsp3) is 0.136. The van der Waals surface area contributed by atoms with Gasteiger partial charge >= 0.3 is 0 Å². The van der Waals surface area contributed by atoms with Gasteiger partial charge in [-0.3, -0.25) is 9.48 Å². The van der Waals surface area contributed by atoms with Crippen molar-refractivity contribution in [3.8, 4) is 11.5 Å². The van der Waals surface area contributed by atoms with Crippen molar-refractivity contribution in [1.82, 2.24) is 14.8 Å². The van der Waals surface area contributed by atoms with Gasteiger partial charge in [-0.1, -0.05) is 12.1 Å². The highest BCUT2D eigenvalue weighted by Gasteiger charge is 2.12. The molecule has 1 N–H and O–H groups in total. The molecule has 0 saturated carbocycles. The summed E-state index contributed by atoms with van der Waals surface area (Å²) in [5, 5.41) is 6.99. The molecule has 0 atom stereocenters. The third-order valence-electron chi connectivity index (χ3n) is 4.43. The zero-order chi connectivity index (χ0) is 20.2. The molecule has 1 amide bonds. The molecule has 4 rings (SSSR count). The van der Waals surface area contributed by atoms with E-state index in [4.69, 9.17) is 4.42 Å². The van der Waals surface area contributed by atoms with E-state index in [0.717, 1.165) is 17.0 Å². The van der Waals surface area contributed by atoms with Gasteiger partial charge in [0.25, 0.3) is 0 Å². The van der Waals surface area contributed by atoms with Crippen molar-refractivity contribution in [2.24, 2.45) is 0 Å². The van der Waals surface area contributed by atoms with Crippen molar-refractivity contribution in [1.29, 1.82) is 0 Å². The highest BCUT2D eigenvalue weighted by Crippen LogP contribution is 2.24. The smallest absolute Gasteiger partial charge is 0.228 e. The molecule has 7 heteroatoms. The Bertz CT molecular complexity index is 1120. The van der Waals surface area contributed by atoms with Gasteiger partial charge in [-0.2, -0.15) is 5.10 Å². The van der Waals surface area contributed by atoms with E-state index in [9.17, 15) is 9.18 Å². The molecule has 4 aromatic rings. The summed E-state index contributed by atoms with van der Waals surface area (Å²) < 4.78 is 20.8. The van der Waals surface area contributed by atoms with Crippen LogP contribution in [0.25, 0.3) is 11.5 Å². The summed E-state index contributed by atoms with van der Waals surface area (Å²) >= 11 is 0. The van der Waals surface area contributed by atoms with E-state index in [0.29, 0.717) is 23.7 Å². The number of nitrogens with zero attached hydrogens (tertiary/aromatic N) is 3. The molecule has 0 saturated heterocycles. The third-order valence-corrected chi connectivity index (χ3v) is 4.43. The maximum atomic E-state index is 13.2. The molecule has 0 aliphatic rings. The fourth-order valence-electron chi connectivity index (χ4n) is 2.98. The number of halogens is 1. The predicted molar refractivity (Wildman–Crippen MR) is 107 cm³/mol. The fourth-order valence-corrected chi connectivity index (χ4v) is 2.98. The standard InChI is InChI=1S/C22H19FN4O2/c1-15-20(14-27-11-3-10-24-27)26-22(29-15)17-6-8-19(9-7-17)25-21(28)13-16-4-2-5-18(23)12-16/h2-12H,13-14H2,1H3,(H,25,28). The van der Waals surface area contributed by atoms with Crippen molar-refractivity contribution in [3.63, 3.8) is 0 Å². The molecular formula is C22H19FN4O2. The van der Waals surface area contributed by atoms with Crippen molar-refractivity contribution in [3.05, 3.63) is 89.8 Å². The Labute approximate surface area is 167 Å². The molecule has 0 spiro atoms. The topological polar surface area (TPSA) is 73.0 Å². The number of hydrogen-bond donors (Lipinski definition) is 1. The van der Waals surface area contributed by atoms with Crippen LogP contribution < -0.4 is 5.32 Å². The lowest BCUT2D eigenvalue weighted by Gasteiger charge is -2.06. The van der Waals surface area contributed by atoms with Gasteiger partial charge < -0.3 is 9.73 Å². The number of amides is 1. The molecule has 0 unspecified atom stereocenters. The Hall–Kier alpha value is -3.74. The largest absolute Gasteiger partial charge is 0.441 e. The second-order valence-corrected chi connectivity index (χ2v) is 6.66. The monoisotopic (exact) mass is 390 g/mol. The minimum atomic E-state index is -0.354. The zero-order valence-corrected chi connectivity index (χ0v) is 15.8. The van der Waals surface area contributed by atoms with E-state index in [-0.39, 0.29) is 18.1 Å². The van der Waals surface area contributed by atoms with E-state index in [2.05, 4.69) is 15.4 Å². The first kappa shape index (κ1) is 18.6. The van der Waals surface area contributed by atoms with Crippen LogP contribution in [0, 0.1) is 12.7 Å². The van der Waals surface area contributed by atoms with Gasteiger partial charge in [-0.25, -0.2) is 9.37 Å². The van der Waals surface area contributed by atoms with Crippen LogP contribution in [0.4, 0.5) is 10.1 Å². The number of aromatic nitrogens is 3. The molecule has 2 aromatic heterocycles. The zero-order valence-electron chi connectivity index (χ0n) is 15.8. The van der Waals surface area contributed by atoms with E-state index in [1.807, 2.05) is 31.3 Å². The van der Waals surface area contributed by atoms with E-state index in [1.54, 1.807) is 35.1 Å². The van der Waals surface area contributed by atoms with Crippen LogP contribution in [-0.4, -0.2) is 20.7 Å². The van der Waals surface area contributed by atoms with E-state index in [1.165, 1.54) is 12.1 Å². The molecule has 2 heterocycles. The Morgan fingerprint density at radius 2 is 2.00 bits per heavy atom. The number of carbonyl (C=O) groups excluding carboxylic acids is 1. The van der Waals surface area contributed by atoms with Crippen molar-refractivity contribution < 1.29 is 13.6 Å². The maximum absolute atomic E-state index is 13.2. The van der Waals surface area contributed by atoms with Crippen LogP contribution in [0.3, 0.4) is 0 Å². The van der Waals surface area contributed by atoms with Crippen LogP contribution in [-0.2, 0) is 17.8 Å². The molecule has 2 aromatic carbocycles. The number of hydrogen-bond acceptors (Lipinski definition) is 4. The van der Waals surface area contributed by atoms with E-state index < -0.39 is 0 Å². The summed E-state index contributed by atoms with van der Waals surface area (Å²) in [7, 11) is 0. The first-order chi connectivity index (χ1) is 14.1. The number of rotatable bonds is 6. The van der Waals surface area contributed by atoms with Crippen molar-refractivity contribution in [2.75, 3.05) is 5.32 Å². The number of anilines is 1. The summed E-state index contributed by atoms with van der Waals surface area (Å²) in [6.45, 7) is 2.41. The van der Waals surface area contributed by atoms with Gasteiger partial charge in [0.1, 0.15) is 17.3 Å². The maximum Gasteiger partial charge on any atom is 0.228 e. The van der Waals surface area contributed by atoms with Gasteiger partial charge in [0.2, 0.25) is 11.8 Å². The van der Waals surface area contributed by atoms with Gasteiger partial charge in [0, 0.05) is 23.6 Å². The lowest BCUT2D eigenvalue weighted by atomic mass is 10.1. The number of aryl methyl sites for hydroxylation is 1. The first-order valence-electron chi connectivity index (χ1n) is 9.15. The molecule has 6 nitrogen and oxygen atoms in total. The molecule has 146 valence electrons. The van der Waals surface area contributed by atoms with Crippen molar-refractivity contribution in [2.45, 2.75) is 19.9 Å². The average molecular weight is 390 g/mol. The minimum Gasteiger partial charge on any atom is -0.441 e. The second kappa shape index (κ2) is 8.10. The van der Waals surface area contributed by atoms with E-state index >= 15 is 0 Å². The summed E-state index contributed by atoms with van der Waals surface area (Å²) in [5.41, 5.74) is 2.90. The van der Waals surface area contributed by atoms with Gasteiger partial charge in [-0.05, 0) is 55.0 Å². The number of carbonyl (C=O) groups is 1. The molecule has 0 aliphatic heterocycles. The van der Waals surface area contributed by atoms with Crippen molar-refractivity contribution >= 4 is 11.6 Å². The normalized spacial score (nSPS) is 10.8. The van der Waals surface area contributed by atoms with Gasteiger partial charge in [0.05, 0.1) is 13.0 Å². The third kappa shape index (κ3) is 4.57. The number of oxazole rings is 1. The van der Waals surface area contributed by atoms with Crippen LogP contribution in [0.15, 0.2) is 71.4 Å². The number of benzene rings is 2.